The van der Waals surface area contributed by atoms with Gasteiger partial charge in [0.25, 0.3) is 0 Å². The second kappa shape index (κ2) is 3.44. The summed E-state index contributed by atoms with van der Waals surface area (Å²) in [5.41, 5.74) is 1.71. The van der Waals surface area contributed by atoms with Gasteiger partial charge in [0.15, 0.2) is 0 Å². The van der Waals surface area contributed by atoms with Gasteiger partial charge in [0.2, 0.25) is 0 Å². The maximum Gasteiger partial charge on any atom is 0.101 e. The van der Waals surface area contributed by atoms with Crippen LogP contribution in [0.3, 0.4) is 0 Å². The Kier molecular flexibility index (Phi) is 2.12. The van der Waals surface area contributed by atoms with Gasteiger partial charge >= 0.3 is 0 Å². The van der Waals surface area contributed by atoms with E-state index in [4.69, 9.17) is 10.5 Å². The fourth-order valence-corrected chi connectivity index (χ4v) is 1.64. The van der Waals surface area contributed by atoms with Gasteiger partial charge in [-0.15, -0.1) is 0 Å². The Bertz CT molecular complexity index is 613. The third-order valence-electron chi connectivity index (χ3n) is 2.38. The van der Waals surface area contributed by atoms with Crippen molar-refractivity contribution in [3.05, 3.63) is 53.9 Å². The summed E-state index contributed by atoms with van der Waals surface area (Å²) in [6, 6.07) is 13.1. The molecule has 1 radical (unpaired) electrons. The lowest BCUT2D eigenvalue weighted by Crippen LogP contribution is -1.87. The van der Waals surface area contributed by atoms with Crippen molar-refractivity contribution in [2.75, 3.05) is 0 Å². The van der Waals surface area contributed by atoms with E-state index in [0.717, 1.165) is 16.3 Å². The van der Waals surface area contributed by atoms with Crippen molar-refractivity contribution in [1.29, 1.82) is 10.5 Å². The first kappa shape index (κ1) is 9.24. The van der Waals surface area contributed by atoms with Crippen LogP contribution >= 0.6 is 0 Å². The van der Waals surface area contributed by atoms with Crippen LogP contribution in [0.4, 0.5) is 0 Å². The molecule has 15 heavy (non-hydrogen) atoms. The number of fused-ring (bicyclic) bond motifs is 1. The SMILES string of the molecule is [CH2]c1cccc2c(C#N)c(C#N)ccc12. The lowest BCUT2D eigenvalue weighted by molar-refractivity contribution is 1.45. The minimum atomic E-state index is 0.413. The van der Waals surface area contributed by atoms with E-state index in [1.807, 2.05) is 30.3 Å². The number of hydrogen-bond donors (Lipinski definition) is 0. The monoisotopic (exact) mass is 191 g/mol. The molecule has 0 spiro atoms. The summed E-state index contributed by atoms with van der Waals surface area (Å²) in [6.07, 6.45) is 0. The molecule has 0 bridgehead atoms. The summed E-state index contributed by atoms with van der Waals surface area (Å²) >= 11 is 0. The van der Waals surface area contributed by atoms with Crippen LogP contribution in [0.25, 0.3) is 10.8 Å². The average molecular weight is 191 g/mol. The van der Waals surface area contributed by atoms with Gasteiger partial charge in [0, 0.05) is 5.39 Å². The summed E-state index contributed by atoms with van der Waals surface area (Å²) in [5, 5.41) is 19.6. The zero-order valence-electron chi connectivity index (χ0n) is 7.99. The first-order chi connectivity index (χ1) is 7.27. The van der Waals surface area contributed by atoms with Crippen LogP contribution in [0, 0.1) is 29.6 Å². The second-order valence-electron chi connectivity index (χ2n) is 3.22. The molecular formula is C13H7N2. The summed E-state index contributed by atoms with van der Waals surface area (Å²) in [7, 11) is 0. The molecule has 0 aliphatic heterocycles. The molecule has 0 heterocycles. The molecule has 2 heteroatoms. The zero-order chi connectivity index (χ0) is 10.8. The van der Waals surface area contributed by atoms with Crippen LogP contribution in [-0.2, 0) is 0 Å². The zero-order valence-corrected chi connectivity index (χ0v) is 7.99. The fraction of sp³-hybridized carbons (Fsp3) is 0. The number of nitriles is 2. The Hall–Kier alpha value is -2.32. The van der Waals surface area contributed by atoms with Crippen molar-refractivity contribution >= 4 is 10.8 Å². The molecule has 2 nitrogen and oxygen atoms in total. The van der Waals surface area contributed by atoms with Crippen LogP contribution in [0.1, 0.15) is 16.7 Å². The van der Waals surface area contributed by atoms with Gasteiger partial charge in [0.05, 0.1) is 11.1 Å². The molecular weight excluding hydrogens is 184 g/mol. The van der Waals surface area contributed by atoms with Crippen molar-refractivity contribution < 1.29 is 0 Å². The Morgan fingerprint density at radius 1 is 0.933 bits per heavy atom. The summed E-state index contributed by atoms with van der Waals surface area (Å²) in [6.45, 7) is 3.89. The predicted molar refractivity (Wildman–Crippen MR) is 57.8 cm³/mol. The van der Waals surface area contributed by atoms with Gasteiger partial charge in [-0.3, -0.25) is 0 Å². The molecule has 2 aromatic carbocycles. The standard InChI is InChI=1S/C13H7N2/c1-9-3-2-4-12-11(9)6-5-10(7-14)13(12)8-15/h2-6H,1H2. The van der Waals surface area contributed by atoms with Crippen LogP contribution in [0.5, 0.6) is 0 Å². The maximum absolute atomic E-state index is 9.02. The van der Waals surface area contributed by atoms with Crippen LogP contribution in [-0.4, -0.2) is 0 Å². The maximum atomic E-state index is 9.02. The molecule has 0 N–H and O–H groups in total. The molecule has 0 saturated heterocycles. The summed E-state index contributed by atoms with van der Waals surface area (Å²) in [4.78, 5) is 0. The third kappa shape index (κ3) is 1.33. The number of nitrogens with zero attached hydrogens (tertiary/aromatic N) is 2. The topological polar surface area (TPSA) is 47.6 Å². The van der Waals surface area contributed by atoms with Crippen LogP contribution in [0.2, 0.25) is 0 Å². The number of rotatable bonds is 0. The highest BCUT2D eigenvalue weighted by atomic mass is 14.3. The molecule has 0 fully saturated rings. The van der Waals surface area contributed by atoms with Gasteiger partial charge < -0.3 is 0 Å². The van der Waals surface area contributed by atoms with E-state index in [2.05, 4.69) is 13.0 Å². The Morgan fingerprint density at radius 3 is 2.40 bits per heavy atom. The molecule has 0 saturated carbocycles. The summed E-state index contributed by atoms with van der Waals surface area (Å²) < 4.78 is 0. The minimum absolute atomic E-state index is 0.413. The predicted octanol–water partition coefficient (Wildman–Crippen LogP) is 2.77. The first-order valence-corrected chi connectivity index (χ1v) is 4.46. The smallest absolute Gasteiger partial charge is 0.101 e. The molecule has 69 valence electrons. The quantitative estimate of drug-likeness (QED) is 0.642. The normalized spacial score (nSPS) is 9.53. The first-order valence-electron chi connectivity index (χ1n) is 4.46. The molecule has 0 unspecified atom stereocenters. The molecule has 2 rings (SSSR count). The van der Waals surface area contributed by atoms with Crippen molar-refractivity contribution in [3.63, 3.8) is 0 Å². The van der Waals surface area contributed by atoms with Crippen molar-refractivity contribution in [1.82, 2.24) is 0 Å². The molecule has 0 aliphatic carbocycles. The average Bonchev–Trinajstić information content (AvgIpc) is 2.28. The lowest BCUT2D eigenvalue weighted by Gasteiger charge is -2.04. The highest BCUT2D eigenvalue weighted by Gasteiger charge is 2.07. The lowest BCUT2D eigenvalue weighted by atomic mass is 9.98. The van der Waals surface area contributed by atoms with Crippen molar-refractivity contribution in [3.8, 4) is 12.1 Å². The Morgan fingerprint density at radius 2 is 1.73 bits per heavy atom. The van der Waals surface area contributed by atoms with Gasteiger partial charge in [-0.2, -0.15) is 10.5 Å². The van der Waals surface area contributed by atoms with Gasteiger partial charge in [-0.25, -0.2) is 0 Å². The van der Waals surface area contributed by atoms with Gasteiger partial charge in [-0.05, 0) is 23.9 Å². The van der Waals surface area contributed by atoms with E-state index in [-0.39, 0.29) is 0 Å². The van der Waals surface area contributed by atoms with E-state index in [0.29, 0.717) is 11.1 Å². The molecule has 0 aromatic heterocycles. The highest BCUT2D eigenvalue weighted by Crippen LogP contribution is 2.24. The fourth-order valence-electron chi connectivity index (χ4n) is 1.64. The third-order valence-corrected chi connectivity index (χ3v) is 2.38. The second-order valence-corrected chi connectivity index (χ2v) is 3.22. The molecule has 2 aromatic rings. The van der Waals surface area contributed by atoms with Crippen molar-refractivity contribution in [2.45, 2.75) is 0 Å². The van der Waals surface area contributed by atoms with E-state index in [1.165, 1.54) is 0 Å². The Labute approximate surface area is 88.0 Å². The molecule has 0 amide bonds. The van der Waals surface area contributed by atoms with Crippen LogP contribution < -0.4 is 0 Å². The molecule has 0 aliphatic rings. The van der Waals surface area contributed by atoms with E-state index >= 15 is 0 Å². The van der Waals surface area contributed by atoms with Gasteiger partial charge in [-0.1, -0.05) is 24.3 Å². The van der Waals surface area contributed by atoms with E-state index < -0.39 is 0 Å². The Balaban J connectivity index is 2.98. The van der Waals surface area contributed by atoms with Crippen LogP contribution in [0.15, 0.2) is 30.3 Å². The number of hydrogen-bond acceptors (Lipinski definition) is 2. The van der Waals surface area contributed by atoms with Gasteiger partial charge in [0.1, 0.15) is 12.1 Å². The minimum Gasteiger partial charge on any atom is -0.192 e. The van der Waals surface area contributed by atoms with E-state index in [1.54, 1.807) is 6.07 Å². The van der Waals surface area contributed by atoms with Crippen molar-refractivity contribution in [2.24, 2.45) is 0 Å². The largest absolute Gasteiger partial charge is 0.192 e. The summed E-state index contributed by atoms with van der Waals surface area (Å²) in [5.74, 6) is 0. The highest BCUT2D eigenvalue weighted by molar-refractivity contribution is 5.92. The van der Waals surface area contributed by atoms with E-state index in [9.17, 15) is 0 Å². The number of benzene rings is 2. The molecule has 0 atom stereocenters.